The molecule has 126 valence electrons. The second-order valence-electron chi connectivity index (χ2n) is 5.43. The van der Waals surface area contributed by atoms with E-state index >= 15 is 0 Å². The summed E-state index contributed by atoms with van der Waals surface area (Å²) in [5.41, 5.74) is 1.57. The van der Waals surface area contributed by atoms with Crippen LogP contribution >= 0.6 is 0 Å². The predicted octanol–water partition coefficient (Wildman–Crippen LogP) is 4.19. The fourth-order valence-electron chi connectivity index (χ4n) is 2.56. The molecule has 0 amide bonds. The van der Waals surface area contributed by atoms with Crippen LogP contribution in [0.1, 0.15) is 43.7 Å². The third kappa shape index (κ3) is 4.74. The van der Waals surface area contributed by atoms with Gasteiger partial charge in [0.1, 0.15) is 0 Å². The number of esters is 1. The van der Waals surface area contributed by atoms with Gasteiger partial charge in [-0.25, -0.2) is 4.79 Å². The Morgan fingerprint density at radius 1 is 1.17 bits per heavy atom. The minimum absolute atomic E-state index is 0.304. The van der Waals surface area contributed by atoms with E-state index in [1.165, 1.54) is 12.1 Å². The highest BCUT2D eigenvalue weighted by Crippen LogP contribution is 2.29. The van der Waals surface area contributed by atoms with Crippen molar-refractivity contribution in [3.63, 3.8) is 0 Å². The van der Waals surface area contributed by atoms with Crippen molar-refractivity contribution in [1.29, 1.82) is 0 Å². The zero-order valence-electron chi connectivity index (χ0n) is 13.0. The number of carbonyl (C=O) groups is 1. The molecule has 1 aliphatic carbocycles. The van der Waals surface area contributed by atoms with Crippen LogP contribution in [0.5, 0.6) is 0 Å². The molecule has 0 spiro atoms. The lowest BCUT2D eigenvalue weighted by Gasteiger charge is -2.20. The van der Waals surface area contributed by atoms with E-state index in [-0.39, 0.29) is 5.97 Å². The summed E-state index contributed by atoms with van der Waals surface area (Å²) in [4.78, 5) is 11.9. The second kappa shape index (κ2) is 7.53. The van der Waals surface area contributed by atoms with E-state index in [0.717, 1.165) is 42.7 Å². The Morgan fingerprint density at radius 2 is 1.83 bits per heavy atom. The summed E-state index contributed by atoms with van der Waals surface area (Å²) in [5, 5.41) is 3.18. The third-order valence-corrected chi connectivity index (χ3v) is 3.78. The molecule has 0 aliphatic heterocycles. The van der Waals surface area contributed by atoms with Gasteiger partial charge in [0.25, 0.3) is 0 Å². The fraction of sp³-hybridized carbons (Fsp3) is 0.471. The molecule has 0 heterocycles. The van der Waals surface area contributed by atoms with E-state index in [2.05, 4.69) is 5.32 Å². The predicted molar refractivity (Wildman–Crippen MR) is 80.4 cm³/mol. The summed E-state index contributed by atoms with van der Waals surface area (Å²) in [6.45, 7) is 2.47. The van der Waals surface area contributed by atoms with Gasteiger partial charge in [0, 0.05) is 12.2 Å². The Labute approximate surface area is 133 Å². The fourth-order valence-corrected chi connectivity index (χ4v) is 2.56. The molecule has 0 atom stereocenters. The zero-order valence-corrected chi connectivity index (χ0v) is 13.0. The Morgan fingerprint density at radius 3 is 2.43 bits per heavy atom. The van der Waals surface area contributed by atoms with Gasteiger partial charge in [-0.1, -0.05) is 12.1 Å². The highest BCUT2D eigenvalue weighted by molar-refractivity contribution is 5.89. The number of hydrogen-bond donors (Lipinski definition) is 1. The van der Waals surface area contributed by atoms with Crippen LogP contribution in [0.25, 0.3) is 0 Å². The van der Waals surface area contributed by atoms with E-state index in [0.29, 0.717) is 25.1 Å². The van der Waals surface area contributed by atoms with Gasteiger partial charge in [-0.2, -0.15) is 13.2 Å². The molecule has 23 heavy (non-hydrogen) atoms. The number of carbonyl (C=O) groups excluding carboxylic acids is 1. The number of ether oxygens (including phenoxy) is 1. The molecule has 0 saturated heterocycles. The first-order valence-corrected chi connectivity index (χ1v) is 7.71. The van der Waals surface area contributed by atoms with Crippen LogP contribution in [0.3, 0.4) is 0 Å². The van der Waals surface area contributed by atoms with Crippen LogP contribution in [-0.2, 0) is 22.3 Å². The van der Waals surface area contributed by atoms with Crippen LogP contribution in [-0.4, -0.2) is 12.6 Å². The number of benzene rings is 1. The van der Waals surface area contributed by atoms with E-state index in [4.69, 9.17) is 4.74 Å². The van der Waals surface area contributed by atoms with Gasteiger partial charge in [-0.05, 0) is 50.3 Å². The van der Waals surface area contributed by atoms with Crippen molar-refractivity contribution >= 4 is 5.97 Å². The molecule has 0 unspecified atom stereocenters. The van der Waals surface area contributed by atoms with Crippen molar-refractivity contribution in [3.8, 4) is 0 Å². The molecule has 3 nitrogen and oxygen atoms in total. The summed E-state index contributed by atoms with van der Waals surface area (Å²) < 4.78 is 42.7. The molecule has 1 aromatic rings. The van der Waals surface area contributed by atoms with E-state index < -0.39 is 11.7 Å². The zero-order chi connectivity index (χ0) is 16.9. The summed E-state index contributed by atoms with van der Waals surface area (Å²) in [7, 11) is 0. The molecular weight excluding hydrogens is 307 g/mol. The van der Waals surface area contributed by atoms with E-state index in [9.17, 15) is 18.0 Å². The topological polar surface area (TPSA) is 38.3 Å². The molecule has 1 N–H and O–H groups in total. The van der Waals surface area contributed by atoms with Gasteiger partial charge < -0.3 is 10.1 Å². The monoisotopic (exact) mass is 327 g/mol. The smallest absolute Gasteiger partial charge is 0.416 e. The van der Waals surface area contributed by atoms with Crippen LogP contribution in [0.4, 0.5) is 13.2 Å². The maximum Gasteiger partial charge on any atom is 0.416 e. The maximum atomic E-state index is 12.5. The van der Waals surface area contributed by atoms with Gasteiger partial charge in [0.2, 0.25) is 0 Å². The average Bonchev–Trinajstić information content (AvgIpc) is 2.53. The van der Waals surface area contributed by atoms with Crippen LogP contribution in [0.15, 0.2) is 35.5 Å². The summed E-state index contributed by atoms with van der Waals surface area (Å²) >= 11 is 0. The normalized spacial score (nSPS) is 15.5. The lowest BCUT2D eigenvalue weighted by Crippen LogP contribution is -2.22. The number of rotatable bonds is 5. The lowest BCUT2D eigenvalue weighted by atomic mass is 9.96. The van der Waals surface area contributed by atoms with Gasteiger partial charge in [-0.3, -0.25) is 0 Å². The highest BCUT2D eigenvalue weighted by Gasteiger charge is 2.29. The van der Waals surface area contributed by atoms with Crippen molar-refractivity contribution < 1.29 is 22.7 Å². The standard InChI is InChI=1S/C17H20F3NO2/c1-2-23-16(22)14-5-3-4-6-15(14)21-11-12-7-9-13(10-8-12)17(18,19)20/h7-10,21H,2-6,11H2,1H3. The minimum atomic E-state index is -4.32. The number of hydrogen-bond acceptors (Lipinski definition) is 3. The van der Waals surface area contributed by atoms with Crippen molar-refractivity contribution in [3.05, 3.63) is 46.7 Å². The van der Waals surface area contributed by atoms with Crippen molar-refractivity contribution in [2.75, 3.05) is 6.61 Å². The summed E-state index contributed by atoms with van der Waals surface area (Å²) in [5.74, 6) is -0.304. The second-order valence-corrected chi connectivity index (χ2v) is 5.43. The van der Waals surface area contributed by atoms with Crippen molar-refractivity contribution in [1.82, 2.24) is 5.32 Å². The first-order chi connectivity index (χ1) is 10.9. The average molecular weight is 327 g/mol. The summed E-state index contributed by atoms with van der Waals surface area (Å²) in [6, 6.07) is 5.03. The van der Waals surface area contributed by atoms with Crippen LogP contribution in [0.2, 0.25) is 0 Å². The first-order valence-electron chi connectivity index (χ1n) is 7.71. The van der Waals surface area contributed by atoms with Crippen molar-refractivity contribution in [2.45, 2.75) is 45.3 Å². The largest absolute Gasteiger partial charge is 0.463 e. The van der Waals surface area contributed by atoms with Gasteiger partial charge in [-0.15, -0.1) is 0 Å². The molecule has 0 fully saturated rings. The molecule has 0 radical (unpaired) electrons. The van der Waals surface area contributed by atoms with Crippen LogP contribution < -0.4 is 5.32 Å². The Balaban J connectivity index is 2.04. The molecule has 1 aromatic carbocycles. The number of halogens is 3. The van der Waals surface area contributed by atoms with Crippen molar-refractivity contribution in [2.24, 2.45) is 0 Å². The molecule has 6 heteroatoms. The van der Waals surface area contributed by atoms with Crippen LogP contribution in [0, 0.1) is 0 Å². The van der Waals surface area contributed by atoms with Gasteiger partial charge >= 0.3 is 12.1 Å². The molecule has 0 saturated carbocycles. The number of alkyl halides is 3. The molecular formula is C17H20F3NO2. The lowest BCUT2D eigenvalue weighted by molar-refractivity contribution is -0.139. The summed E-state index contributed by atoms with van der Waals surface area (Å²) in [6.07, 6.45) is -0.963. The van der Waals surface area contributed by atoms with Gasteiger partial charge in [0.05, 0.1) is 17.7 Å². The Hall–Kier alpha value is -1.98. The maximum absolute atomic E-state index is 12.5. The molecule has 0 aromatic heterocycles. The van der Waals surface area contributed by atoms with E-state index in [1.807, 2.05) is 0 Å². The minimum Gasteiger partial charge on any atom is -0.463 e. The van der Waals surface area contributed by atoms with Gasteiger partial charge in [0.15, 0.2) is 0 Å². The molecule has 1 aliphatic rings. The van der Waals surface area contributed by atoms with E-state index in [1.54, 1.807) is 6.92 Å². The molecule has 0 bridgehead atoms. The Bertz CT molecular complexity index is 576. The quantitative estimate of drug-likeness (QED) is 0.824. The highest BCUT2D eigenvalue weighted by atomic mass is 19.4. The number of nitrogens with one attached hydrogen (secondary N) is 1. The third-order valence-electron chi connectivity index (χ3n) is 3.78. The first kappa shape index (κ1) is 17.4. The Kier molecular flexibility index (Phi) is 5.69. The SMILES string of the molecule is CCOC(=O)C1=C(NCc2ccc(C(F)(F)F)cc2)CCCC1. The molecule has 2 rings (SSSR count). The number of allylic oxidation sites excluding steroid dienone is 1.